The van der Waals surface area contributed by atoms with Crippen molar-refractivity contribution in [1.82, 2.24) is 0 Å². The van der Waals surface area contributed by atoms with Crippen LogP contribution in [0.25, 0.3) is 0 Å². The highest BCUT2D eigenvalue weighted by molar-refractivity contribution is 7.78. The standard InChI is InChI=1S/C21H21O2P/c22-21(18-10-4-1-5-11-18)16-17-24(23,19-12-6-2-7-13-19)20-14-8-3-9-15-20/h1-15,21-22H,16-17H2/t21-/m0/s1. The zero-order valence-corrected chi connectivity index (χ0v) is 14.3. The Bertz CT molecular complexity index is 758. The lowest BCUT2D eigenvalue weighted by molar-refractivity contribution is 0.174. The molecular formula is C21H21O2P. The van der Waals surface area contributed by atoms with Gasteiger partial charge in [-0.05, 0) is 12.0 Å². The van der Waals surface area contributed by atoms with Crippen LogP contribution < -0.4 is 10.6 Å². The molecule has 122 valence electrons. The minimum absolute atomic E-state index is 0.442. The molecule has 1 atom stereocenters. The van der Waals surface area contributed by atoms with Crippen molar-refractivity contribution >= 4 is 17.8 Å². The Balaban J connectivity index is 1.88. The Labute approximate surface area is 143 Å². The van der Waals surface area contributed by atoms with Gasteiger partial charge in [-0.25, -0.2) is 0 Å². The lowest BCUT2D eigenvalue weighted by Gasteiger charge is -2.21. The average Bonchev–Trinajstić information content (AvgIpc) is 2.68. The first kappa shape index (κ1) is 16.7. The predicted octanol–water partition coefficient (Wildman–Crippen LogP) is 4.12. The highest BCUT2D eigenvalue weighted by Gasteiger charge is 2.27. The first-order chi connectivity index (χ1) is 11.7. The third kappa shape index (κ3) is 3.67. The molecule has 0 unspecified atom stereocenters. The predicted molar refractivity (Wildman–Crippen MR) is 101 cm³/mol. The summed E-state index contributed by atoms with van der Waals surface area (Å²) in [4.78, 5) is 0. The maximum atomic E-state index is 13.8. The van der Waals surface area contributed by atoms with E-state index in [0.29, 0.717) is 12.6 Å². The van der Waals surface area contributed by atoms with E-state index < -0.39 is 13.2 Å². The molecule has 0 aliphatic rings. The molecule has 0 spiro atoms. The number of benzene rings is 3. The molecule has 0 heterocycles. The van der Waals surface area contributed by atoms with E-state index in [0.717, 1.165) is 16.2 Å². The summed E-state index contributed by atoms with van der Waals surface area (Å²) < 4.78 is 13.8. The third-order valence-electron chi connectivity index (χ3n) is 4.25. The van der Waals surface area contributed by atoms with E-state index in [4.69, 9.17) is 0 Å². The largest absolute Gasteiger partial charge is 0.388 e. The number of aliphatic hydroxyl groups is 1. The second kappa shape index (κ2) is 7.61. The van der Waals surface area contributed by atoms with Crippen molar-refractivity contribution in [3.05, 3.63) is 96.6 Å². The van der Waals surface area contributed by atoms with Crippen LogP contribution in [0, 0.1) is 0 Å². The Morgan fingerprint density at radius 2 is 1.12 bits per heavy atom. The minimum atomic E-state index is -2.76. The summed E-state index contributed by atoms with van der Waals surface area (Å²) in [6.07, 6.45) is 0.300. The molecule has 0 bridgehead atoms. The zero-order valence-electron chi connectivity index (χ0n) is 13.5. The summed E-state index contributed by atoms with van der Waals surface area (Å²) in [7, 11) is -2.76. The van der Waals surface area contributed by atoms with E-state index in [1.54, 1.807) is 0 Å². The van der Waals surface area contributed by atoms with E-state index >= 15 is 0 Å². The fourth-order valence-electron chi connectivity index (χ4n) is 2.89. The van der Waals surface area contributed by atoms with Crippen molar-refractivity contribution in [2.45, 2.75) is 12.5 Å². The van der Waals surface area contributed by atoms with Gasteiger partial charge in [0.1, 0.15) is 7.14 Å². The second-order valence-electron chi connectivity index (χ2n) is 5.85. The van der Waals surface area contributed by atoms with Crippen molar-refractivity contribution in [2.24, 2.45) is 0 Å². The Hall–Kier alpha value is -2.15. The molecular weight excluding hydrogens is 315 g/mol. The molecule has 0 aliphatic carbocycles. The SMILES string of the molecule is O=P(CC[C@H](O)c1ccccc1)(c1ccccc1)c1ccccc1. The lowest BCUT2D eigenvalue weighted by atomic mass is 10.1. The molecule has 0 saturated carbocycles. The maximum absolute atomic E-state index is 13.8. The van der Waals surface area contributed by atoms with Crippen molar-refractivity contribution in [3.8, 4) is 0 Å². The van der Waals surface area contributed by atoms with Gasteiger partial charge in [0, 0.05) is 16.8 Å². The van der Waals surface area contributed by atoms with Crippen LogP contribution in [0.15, 0.2) is 91.0 Å². The van der Waals surface area contributed by atoms with Gasteiger partial charge in [-0.3, -0.25) is 0 Å². The van der Waals surface area contributed by atoms with E-state index in [2.05, 4.69) is 0 Å². The van der Waals surface area contributed by atoms with Crippen molar-refractivity contribution in [3.63, 3.8) is 0 Å². The van der Waals surface area contributed by atoms with Crippen LogP contribution in [0.3, 0.4) is 0 Å². The van der Waals surface area contributed by atoms with Gasteiger partial charge in [0.2, 0.25) is 0 Å². The molecule has 3 rings (SSSR count). The quantitative estimate of drug-likeness (QED) is 0.688. The highest BCUT2D eigenvalue weighted by atomic mass is 31.2. The van der Waals surface area contributed by atoms with Crippen LogP contribution in [0.1, 0.15) is 18.1 Å². The van der Waals surface area contributed by atoms with Crippen LogP contribution >= 0.6 is 7.14 Å². The Kier molecular flexibility index (Phi) is 5.30. The van der Waals surface area contributed by atoms with E-state index in [9.17, 15) is 9.67 Å². The molecule has 0 amide bonds. The first-order valence-electron chi connectivity index (χ1n) is 8.13. The molecule has 0 fully saturated rings. The van der Waals surface area contributed by atoms with E-state index in [1.807, 2.05) is 91.0 Å². The molecule has 3 heteroatoms. The number of rotatable bonds is 6. The molecule has 2 nitrogen and oxygen atoms in total. The van der Waals surface area contributed by atoms with Crippen LogP contribution in [-0.4, -0.2) is 11.3 Å². The number of aliphatic hydroxyl groups excluding tert-OH is 1. The first-order valence-corrected chi connectivity index (χ1v) is 10.0. The van der Waals surface area contributed by atoms with Crippen LogP contribution in [0.2, 0.25) is 0 Å². The summed E-state index contributed by atoms with van der Waals surface area (Å²) in [6.45, 7) is 0. The van der Waals surface area contributed by atoms with Gasteiger partial charge in [0.05, 0.1) is 6.10 Å². The van der Waals surface area contributed by atoms with Gasteiger partial charge >= 0.3 is 0 Å². The van der Waals surface area contributed by atoms with Gasteiger partial charge in [-0.2, -0.15) is 0 Å². The molecule has 1 N–H and O–H groups in total. The van der Waals surface area contributed by atoms with Crippen LogP contribution in [0.4, 0.5) is 0 Å². The Morgan fingerprint density at radius 3 is 1.58 bits per heavy atom. The maximum Gasteiger partial charge on any atom is 0.143 e. The van der Waals surface area contributed by atoms with Crippen LogP contribution in [-0.2, 0) is 4.57 Å². The summed E-state index contributed by atoms with van der Waals surface area (Å²) in [6, 6.07) is 28.7. The minimum Gasteiger partial charge on any atom is -0.388 e. The van der Waals surface area contributed by atoms with Crippen molar-refractivity contribution in [1.29, 1.82) is 0 Å². The summed E-state index contributed by atoms with van der Waals surface area (Å²) in [5.74, 6) is 0. The van der Waals surface area contributed by atoms with Gasteiger partial charge < -0.3 is 9.67 Å². The van der Waals surface area contributed by atoms with Crippen molar-refractivity contribution in [2.75, 3.05) is 6.16 Å². The Morgan fingerprint density at radius 1 is 0.708 bits per heavy atom. The molecule has 0 aliphatic heterocycles. The van der Waals surface area contributed by atoms with Gasteiger partial charge in [-0.15, -0.1) is 0 Å². The average molecular weight is 336 g/mol. The summed E-state index contributed by atoms with van der Waals surface area (Å²) >= 11 is 0. The number of hydrogen-bond donors (Lipinski definition) is 1. The molecule has 3 aromatic rings. The monoisotopic (exact) mass is 336 g/mol. The van der Waals surface area contributed by atoms with Crippen molar-refractivity contribution < 1.29 is 9.67 Å². The summed E-state index contributed by atoms with van der Waals surface area (Å²) in [5, 5.41) is 12.1. The van der Waals surface area contributed by atoms with Gasteiger partial charge in [-0.1, -0.05) is 91.0 Å². The molecule has 0 aromatic heterocycles. The molecule has 0 radical (unpaired) electrons. The third-order valence-corrected chi connectivity index (χ3v) is 7.40. The lowest BCUT2D eigenvalue weighted by Crippen LogP contribution is -2.19. The van der Waals surface area contributed by atoms with Gasteiger partial charge in [0.15, 0.2) is 0 Å². The van der Waals surface area contributed by atoms with Crippen LogP contribution in [0.5, 0.6) is 0 Å². The van der Waals surface area contributed by atoms with E-state index in [-0.39, 0.29) is 0 Å². The highest BCUT2D eigenvalue weighted by Crippen LogP contribution is 2.45. The fourth-order valence-corrected chi connectivity index (χ4v) is 5.62. The summed E-state index contributed by atoms with van der Waals surface area (Å²) in [5.41, 5.74) is 0.866. The zero-order chi connectivity index (χ0) is 16.8. The topological polar surface area (TPSA) is 37.3 Å². The van der Waals surface area contributed by atoms with E-state index in [1.165, 1.54) is 0 Å². The fraction of sp³-hybridized carbons (Fsp3) is 0.143. The molecule has 3 aromatic carbocycles. The second-order valence-corrected chi connectivity index (χ2v) is 8.81. The van der Waals surface area contributed by atoms with Gasteiger partial charge in [0.25, 0.3) is 0 Å². The smallest absolute Gasteiger partial charge is 0.143 e. The molecule has 24 heavy (non-hydrogen) atoms. The normalized spacial score (nSPS) is 12.7. The number of hydrogen-bond acceptors (Lipinski definition) is 2. The molecule has 0 saturated heterocycles.